The van der Waals surface area contributed by atoms with Gasteiger partial charge in [0.05, 0.1) is 4.90 Å². The van der Waals surface area contributed by atoms with E-state index in [9.17, 15) is 8.42 Å². The predicted molar refractivity (Wildman–Crippen MR) is 108 cm³/mol. The van der Waals surface area contributed by atoms with E-state index in [-0.39, 0.29) is 4.90 Å². The standard InChI is InChI=1S/C20H25ClN2O2S/c1-16-5-8-18(21)15-20(16)26(24,25)22-12-11-17-6-9-19(10-7-17)23-13-3-2-4-14-23/h5-10,15,22H,2-4,11-14H2,1H3. The zero-order valence-electron chi connectivity index (χ0n) is 15.0. The van der Waals surface area contributed by atoms with Crippen LogP contribution in [0.2, 0.25) is 5.02 Å². The van der Waals surface area contributed by atoms with E-state index in [1.807, 2.05) is 0 Å². The second-order valence-corrected chi connectivity index (χ2v) is 8.94. The SMILES string of the molecule is Cc1ccc(Cl)cc1S(=O)(=O)NCCc1ccc(N2CCCCC2)cc1. The number of hydrogen-bond donors (Lipinski definition) is 1. The van der Waals surface area contributed by atoms with Crippen molar-refractivity contribution in [3.05, 3.63) is 58.6 Å². The first kappa shape index (κ1) is 19.2. The Bertz CT molecular complexity index is 845. The lowest BCUT2D eigenvalue weighted by Crippen LogP contribution is -2.29. The van der Waals surface area contributed by atoms with Gasteiger partial charge in [-0.1, -0.05) is 29.8 Å². The van der Waals surface area contributed by atoms with E-state index < -0.39 is 10.0 Å². The smallest absolute Gasteiger partial charge is 0.240 e. The zero-order valence-corrected chi connectivity index (χ0v) is 16.6. The first-order valence-corrected chi connectivity index (χ1v) is 10.9. The second kappa shape index (κ2) is 8.42. The first-order chi connectivity index (χ1) is 12.5. The number of anilines is 1. The molecule has 1 fully saturated rings. The lowest BCUT2D eigenvalue weighted by Gasteiger charge is -2.28. The predicted octanol–water partition coefficient (Wildman–Crippen LogP) is 4.16. The Morgan fingerprint density at radius 2 is 1.73 bits per heavy atom. The molecule has 2 aromatic carbocycles. The fourth-order valence-electron chi connectivity index (χ4n) is 3.30. The Balaban J connectivity index is 1.58. The van der Waals surface area contributed by atoms with E-state index in [0.717, 1.165) is 18.7 Å². The van der Waals surface area contributed by atoms with E-state index >= 15 is 0 Å². The number of rotatable bonds is 6. The molecule has 1 aliphatic rings. The molecule has 0 aromatic heterocycles. The van der Waals surface area contributed by atoms with Crippen molar-refractivity contribution in [3.63, 3.8) is 0 Å². The van der Waals surface area contributed by atoms with Gasteiger partial charge in [0.25, 0.3) is 0 Å². The summed E-state index contributed by atoms with van der Waals surface area (Å²) in [6, 6.07) is 13.3. The van der Waals surface area contributed by atoms with Crippen molar-refractivity contribution in [2.75, 3.05) is 24.5 Å². The number of piperidine rings is 1. The molecule has 4 nitrogen and oxygen atoms in total. The monoisotopic (exact) mass is 392 g/mol. The van der Waals surface area contributed by atoms with Gasteiger partial charge >= 0.3 is 0 Å². The third kappa shape index (κ3) is 4.78. The van der Waals surface area contributed by atoms with E-state index in [2.05, 4.69) is 33.9 Å². The van der Waals surface area contributed by atoms with Crippen LogP contribution in [0.25, 0.3) is 0 Å². The van der Waals surface area contributed by atoms with Crippen molar-refractivity contribution in [2.24, 2.45) is 0 Å². The normalized spacial score (nSPS) is 15.2. The molecule has 1 saturated heterocycles. The van der Waals surface area contributed by atoms with Crippen LogP contribution < -0.4 is 9.62 Å². The zero-order chi connectivity index (χ0) is 18.6. The number of hydrogen-bond acceptors (Lipinski definition) is 3. The maximum Gasteiger partial charge on any atom is 0.240 e. The molecule has 26 heavy (non-hydrogen) atoms. The Morgan fingerprint density at radius 3 is 2.42 bits per heavy atom. The Morgan fingerprint density at radius 1 is 1.04 bits per heavy atom. The van der Waals surface area contributed by atoms with Crippen LogP contribution in [0.3, 0.4) is 0 Å². The van der Waals surface area contributed by atoms with Crippen LogP contribution in [0.1, 0.15) is 30.4 Å². The average molecular weight is 393 g/mol. The minimum absolute atomic E-state index is 0.241. The number of sulfonamides is 1. The highest BCUT2D eigenvalue weighted by Crippen LogP contribution is 2.21. The van der Waals surface area contributed by atoms with Crippen molar-refractivity contribution in [1.29, 1.82) is 0 Å². The molecule has 0 amide bonds. The molecule has 0 atom stereocenters. The van der Waals surface area contributed by atoms with Gasteiger partial charge in [0.1, 0.15) is 0 Å². The van der Waals surface area contributed by atoms with Crippen molar-refractivity contribution in [3.8, 4) is 0 Å². The highest BCUT2D eigenvalue weighted by Gasteiger charge is 2.17. The maximum atomic E-state index is 12.5. The first-order valence-electron chi connectivity index (χ1n) is 9.05. The Hall–Kier alpha value is -1.56. The third-order valence-corrected chi connectivity index (χ3v) is 6.64. The van der Waals surface area contributed by atoms with Crippen molar-refractivity contribution >= 4 is 27.3 Å². The van der Waals surface area contributed by atoms with Crippen LogP contribution in [-0.4, -0.2) is 28.1 Å². The third-order valence-electron chi connectivity index (χ3n) is 4.80. The molecule has 6 heteroatoms. The summed E-state index contributed by atoms with van der Waals surface area (Å²) in [5.74, 6) is 0. The van der Waals surface area contributed by atoms with Crippen LogP contribution in [0.5, 0.6) is 0 Å². The molecule has 140 valence electrons. The van der Waals surface area contributed by atoms with Gasteiger partial charge in [0, 0.05) is 30.3 Å². The molecule has 0 aliphatic carbocycles. The topological polar surface area (TPSA) is 49.4 Å². The molecule has 0 radical (unpaired) electrons. The number of halogens is 1. The molecular weight excluding hydrogens is 368 g/mol. The quantitative estimate of drug-likeness (QED) is 0.802. The van der Waals surface area contributed by atoms with E-state index in [1.54, 1.807) is 19.1 Å². The van der Waals surface area contributed by atoms with Crippen molar-refractivity contribution in [2.45, 2.75) is 37.5 Å². The molecule has 1 heterocycles. The van der Waals surface area contributed by atoms with E-state index in [1.165, 1.54) is 31.0 Å². The molecule has 0 bridgehead atoms. The van der Waals surface area contributed by atoms with Crippen LogP contribution in [0.15, 0.2) is 47.4 Å². The number of benzene rings is 2. The van der Waals surface area contributed by atoms with Crippen LogP contribution in [-0.2, 0) is 16.4 Å². The van der Waals surface area contributed by atoms with Crippen molar-refractivity contribution in [1.82, 2.24) is 4.72 Å². The van der Waals surface area contributed by atoms with Crippen LogP contribution in [0, 0.1) is 6.92 Å². The Kier molecular flexibility index (Phi) is 6.22. The molecule has 1 aliphatic heterocycles. The highest BCUT2D eigenvalue weighted by atomic mass is 35.5. The van der Waals surface area contributed by atoms with Crippen molar-refractivity contribution < 1.29 is 8.42 Å². The van der Waals surface area contributed by atoms with Gasteiger partial charge < -0.3 is 4.90 Å². The van der Waals surface area contributed by atoms with Crippen LogP contribution >= 0.6 is 11.6 Å². The number of aryl methyl sites for hydroxylation is 1. The summed E-state index contributed by atoms with van der Waals surface area (Å²) in [5, 5.41) is 0.421. The van der Waals surface area contributed by atoms with Gasteiger partial charge in [0.2, 0.25) is 10.0 Å². The molecule has 0 unspecified atom stereocenters. The molecule has 2 aromatic rings. The average Bonchev–Trinajstić information content (AvgIpc) is 2.65. The highest BCUT2D eigenvalue weighted by molar-refractivity contribution is 7.89. The lowest BCUT2D eigenvalue weighted by atomic mass is 10.1. The molecule has 0 spiro atoms. The second-order valence-electron chi connectivity index (χ2n) is 6.77. The van der Waals surface area contributed by atoms with Gasteiger partial charge in [-0.3, -0.25) is 0 Å². The van der Waals surface area contributed by atoms with Gasteiger partial charge in [-0.2, -0.15) is 0 Å². The summed E-state index contributed by atoms with van der Waals surface area (Å²) < 4.78 is 27.6. The summed E-state index contributed by atoms with van der Waals surface area (Å²) >= 11 is 5.94. The maximum absolute atomic E-state index is 12.5. The van der Waals surface area contributed by atoms with Gasteiger partial charge in [-0.15, -0.1) is 0 Å². The minimum Gasteiger partial charge on any atom is -0.372 e. The summed E-state index contributed by atoms with van der Waals surface area (Å²) in [6.07, 6.45) is 4.48. The van der Waals surface area contributed by atoms with Gasteiger partial charge in [-0.05, 0) is 68.0 Å². The largest absolute Gasteiger partial charge is 0.372 e. The Labute approximate surface area is 161 Å². The van der Waals surface area contributed by atoms with Gasteiger partial charge in [0.15, 0.2) is 0 Å². The molecule has 3 rings (SSSR count). The lowest BCUT2D eigenvalue weighted by molar-refractivity contribution is 0.577. The summed E-state index contributed by atoms with van der Waals surface area (Å²) in [6.45, 7) is 4.37. The molecule has 1 N–H and O–H groups in total. The van der Waals surface area contributed by atoms with E-state index in [4.69, 9.17) is 11.6 Å². The number of nitrogens with one attached hydrogen (secondary N) is 1. The van der Waals surface area contributed by atoms with E-state index in [0.29, 0.717) is 23.6 Å². The summed E-state index contributed by atoms with van der Waals surface area (Å²) in [5.41, 5.74) is 3.06. The summed E-state index contributed by atoms with van der Waals surface area (Å²) in [4.78, 5) is 2.66. The summed E-state index contributed by atoms with van der Waals surface area (Å²) in [7, 11) is -3.55. The molecular formula is C20H25ClN2O2S. The number of nitrogens with zero attached hydrogens (tertiary/aromatic N) is 1. The molecule has 0 saturated carbocycles. The fourth-order valence-corrected chi connectivity index (χ4v) is 4.83. The minimum atomic E-state index is -3.55. The van der Waals surface area contributed by atoms with Crippen LogP contribution in [0.4, 0.5) is 5.69 Å². The van der Waals surface area contributed by atoms with Gasteiger partial charge in [-0.25, -0.2) is 13.1 Å². The fraction of sp³-hybridized carbons (Fsp3) is 0.400.